The Morgan fingerprint density at radius 3 is 2.37 bits per heavy atom. The van der Waals surface area contributed by atoms with Crippen LogP contribution in [0.3, 0.4) is 0 Å². The van der Waals surface area contributed by atoms with Crippen molar-refractivity contribution < 1.29 is 0 Å². The first-order valence-corrected chi connectivity index (χ1v) is 7.22. The summed E-state index contributed by atoms with van der Waals surface area (Å²) in [6.45, 7) is 5.91. The molecule has 2 aromatic carbocycles. The van der Waals surface area contributed by atoms with Gasteiger partial charge in [-0.15, -0.1) is 6.58 Å². The molecule has 0 atom stereocenters. The molecular weight excluding hydrogens is 248 g/mol. The lowest BCUT2D eigenvalue weighted by atomic mass is 10.1. The Hall–Kier alpha value is -1.73. The molecule has 19 heavy (non-hydrogen) atoms. The fourth-order valence-corrected chi connectivity index (χ4v) is 2.72. The van der Waals surface area contributed by atoms with E-state index in [0.717, 1.165) is 6.42 Å². The maximum atomic E-state index is 3.79. The van der Waals surface area contributed by atoms with E-state index >= 15 is 0 Å². The van der Waals surface area contributed by atoms with Crippen LogP contribution in [0.1, 0.15) is 17.5 Å². The van der Waals surface area contributed by atoms with Gasteiger partial charge >= 0.3 is 0 Å². The summed E-state index contributed by atoms with van der Waals surface area (Å²) in [7, 11) is 0. The zero-order valence-electron chi connectivity index (χ0n) is 11.2. The van der Waals surface area contributed by atoms with Crippen LogP contribution in [0, 0.1) is 6.92 Å². The molecule has 0 nitrogen and oxygen atoms in total. The van der Waals surface area contributed by atoms with Crippen LogP contribution in [0.5, 0.6) is 0 Å². The predicted octanol–water partition coefficient (Wildman–Crippen LogP) is 5.70. The Bertz CT molecular complexity index is 550. The molecular formula is C18H18S. The van der Waals surface area contributed by atoms with Gasteiger partial charge in [-0.2, -0.15) is 0 Å². The van der Waals surface area contributed by atoms with Crippen LogP contribution in [0.25, 0.3) is 4.91 Å². The lowest BCUT2D eigenvalue weighted by molar-refractivity contribution is 1.40. The van der Waals surface area contributed by atoms with Crippen LogP contribution >= 0.6 is 11.8 Å². The summed E-state index contributed by atoms with van der Waals surface area (Å²) in [6, 6.07) is 19.1. The smallest absolute Gasteiger partial charge is 0.0158 e. The first kappa shape index (κ1) is 13.7. The zero-order chi connectivity index (χ0) is 13.5. The Labute approximate surface area is 119 Å². The van der Waals surface area contributed by atoms with Crippen molar-refractivity contribution >= 4 is 16.7 Å². The van der Waals surface area contributed by atoms with Gasteiger partial charge in [0.15, 0.2) is 0 Å². The minimum atomic E-state index is 0.892. The van der Waals surface area contributed by atoms with E-state index in [2.05, 4.69) is 68.1 Å². The van der Waals surface area contributed by atoms with Crippen molar-refractivity contribution in [3.63, 3.8) is 0 Å². The number of hydrogen-bond donors (Lipinski definition) is 0. The van der Waals surface area contributed by atoms with Gasteiger partial charge in [-0.25, -0.2) is 0 Å². The molecule has 2 aromatic rings. The summed E-state index contributed by atoms with van der Waals surface area (Å²) in [5.41, 5.74) is 2.55. The summed E-state index contributed by atoms with van der Waals surface area (Å²) >= 11 is 1.80. The molecule has 0 unspecified atom stereocenters. The maximum Gasteiger partial charge on any atom is 0.0158 e. The van der Waals surface area contributed by atoms with Gasteiger partial charge in [-0.1, -0.05) is 71.9 Å². The second kappa shape index (κ2) is 7.01. The van der Waals surface area contributed by atoms with Gasteiger partial charge < -0.3 is 0 Å². The quantitative estimate of drug-likeness (QED) is 0.494. The molecule has 0 aliphatic heterocycles. The monoisotopic (exact) mass is 266 g/mol. The first-order valence-electron chi connectivity index (χ1n) is 6.40. The fourth-order valence-electron chi connectivity index (χ4n) is 1.74. The van der Waals surface area contributed by atoms with Crippen LogP contribution in [-0.2, 0) is 0 Å². The van der Waals surface area contributed by atoms with Gasteiger partial charge in [0.25, 0.3) is 0 Å². The van der Waals surface area contributed by atoms with E-state index in [4.69, 9.17) is 0 Å². The SMILES string of the molecule is C=CC/C=C(\Sc1ccccc1)c1ccc(C)cc1. The summed E-state index contributed by atoms with van der Waals surface area (Å²) < 4.78 is 0. The molecule has 0 fully saturated rings. The number of rotatable bonds is 5. The van der Waals surface area contributed by atoms with Crippen molar-refractivity contribution in [2.75, 3.05) is 0 Å². The van der Waals surface area contributed by atoms with Gasteiger partial charge in [0.2, 0.25) is 0 Å². The summed E-state index contributed by atoms with van der Waals surface area (Å²) in [4.78, 5) is 2.55. The van der Waals surface area contributed by atoms with Crippen LogP contribution < -0.4 is 0 Å². The minimum absolute atomic E-state index is 0.892. The maximum absolute atomic E-state index is 3.79. The van der Waals surface area contributed by atoms with Gasteiger partial charge in [-0.3, -0.25) is 0 Å². The highest BCUT2D eigenvalue weighted by Crippen LogP contribution is 2.34. The molecule has 0 aliphatic carbocycles. The molecule has 0 N–H and O–H groups in total. The number of hydrogen-bond acceptors (Lipinski definition) is 1. The lowest BCUT2D eigenvalue weighted by Gasteiger charge is -2.08. The molecule has 2 rings (SSSR count). The van der Waals surface area contributed by atoms with E-state index in [-0.39, 0.29) is 0 Å². The first-order chi connectivity index (χ1) is 9.29. The number of thioether (sulfide) groups is 1. The predicted molar refractivity (Wildman–Crippen MR) is 86.3 cm³/mol. The Balaban J connectivity index is 2.26. The Morgan fingerprint density at radius 1 is 1.05 bits per heavy atom. The van der Waals surface area contributed by atoms with Crippen molar-refractivity contribution in [1.82, 2.24) is 0 Å². The van der Waals surface area contributed by atoms with Gasteiger partial charge in [-0.05, 0) is 31.0 Å². The highest BCUT2D eigenvalue weighted by molar-refractivity contribution is 8.08. The molecule has 0 saturated carbocycles. The van der Waals surface area contributed by atoms with Gasteiger partial charge in [0, 0.05) is 9.80 Å². The standard InChI is InChI=1S/C18H18S/c1-3-4-10-18(16-13-11-15(2)12-14-16)19-17-8-6-5-7-9-17/h3,5-14H,1,4H2,2H3/b18-10-. The Kier molecular flexibility index (Phi) is 5.05. The van der Waals surface area contributed by atoms with Crippen molar-refractivity contribution in [2.45, 2.75) is 18.2 Å². The van der Waals surface area contributed by atoms with Crippen LogP contribution in [0.2, 0.25) is 0 Å². The molecule has 0 heterocycles. The van der Waals surface area contributed by atoms with E-state index in [1.165, 1.54) is 20.9 Å². The third-order valence-corrected chi connectivity index (χ3v) is 3.91. The number of aryl methyl sites for hydroxylation is 1. The normalized spacial score (nSPS) is 11.3. The third-order valence-electron chi connectivity index (χ3n) is 2.78. The molecule has 0 bridgehead atoms. The van der Waals surface area contributed by atoms with Crippen molar-refractivity contribution in [3.8, 4) is 0 Å². The van der Waals surface area contributed by atoms with E-state index in [0.29, 0.717) is 0 Å². The van der Waals surface area contributed by atoms with Crippen molar-refractivity contribution in [2.24, 2.45) is 0 Å². The highest BCUT2D eigenvalue weighted by atomic mass is 32.2. The minimum Gasteiger partial charge on any atom is -0.103 e. The third kappa shape index (κ3) is 4.15. The summed E-state index contributed by atoms with van der Waals surface area (Å²) in [6.07, 6.45) is 5.05. The zero-order valence-corrected chi connectivity index (χ0v) is 12.0. The fraction of sp³-hybridized carbons (Fsp3) is 0.111. The number of allylic oxidation sites excluding steroid dienone is 2. The largest absolute Gasteiger partial charge is 0.103 e. The second-order valence-corrected chi connectivity index (χ2v) is 5.49. The van der Waals surface area contributed by atoms with E-state index in [9.17, 15) is 0 Å². The topological polar surface area (TPSA) is 0 Å². The van der Waals surface area contributed by atoms with E-state index in [1.807, 2.05) is 12.1 Å². The second-order valence-electron chi connectivity index (χ2n) is 4.37. The highest BCUT2D eigenvalue weighted by Gasteiger charge is 2.03. The number of benzene rings is 2. The molecule has 0 aromatic heterocycles. The Morgan fingerprint density at radius 2 is 1.74 bits per heavy atom. The molecule has 1 heteroatoms. The molecule has 0 aliphatic rings. The van der Waals surface area contributed by atoms with Gasteiger partial charge in [0.1, 0.15) is 0 Å². The van der Waals surface area contributed by atoms with Crippen LogP contribution in [-0.4, -0.2) is 0 Å². The van der Waals surface area contributed by atoms with Crippen LogP contribution in [0.15, 0.2) is 78.2 Å². The molecule has 0 spiro atoms. The molecule has 96 valence electrons. The lowest BCUT2D eigenvalue weighted by Crippen LogP contribution is -1.82. The average molecular weight is 266 g/mol. The summed E-state index contributed by atoms with van der Waals surface area (Å²) in [5.74, 6) is 0. The summed E-state index contributed by atoms with van der Waals surface area (Å²) in [5, 5.41) is 0. The average Bonchev–Trinajstić information content (AvgIpc) is 2.45. The van der Waals surface area contributed by atoms with E-state index in [1.54, 1.807) is 11.8 Å². The van der Waals surface area contributed by atoms with Crippen LogP contribution in [0.4, 0.5) is 0 Å². The van der Waals surface area contributed by atoms with Crippen molar-refractivity contribution in [1.29, 1.82) is 0 Å². The molecule has 0 amide bonds. The van der Waals surface area contributed by atoms with E-state index < -0.39 is 0 Å². The van der Waals surface area contributed by atoms with Gasteiger partial charge in [0.05, 0.1) is 0 Å². The molecule has 0 saturated heterocycles. The molecule has 0 radical (unpaired) electrons. The van der Waals surface area contributed by atoms with Crippen molar-refractivity contribution in [3.05, 3.63) is 84.5 Å².